The summed E-state index contributed by atoms with van der Waals surface area (Å²) in [5, 5.41) is 3.64. The summed E-state index contributed by atoms with van der Waals surface area (Å²) < 4.78 is 0. The van der Waals surface area contributed by atoms with Crippen LogP contribution in [0.1, 0.15) is 58.3 Å². The molecule has 1 N–H and O–H groups in total. The predicted molar refractivity (Wildman–Crippen MR) is 61.4 cm³/mol. The van der Waals surface area contributed by atoms with Crippen LogP contribution in [0.15, 0.2) is 0 Å². The van der Waals surface area contributed by atoms with E-state index in [-0.39, 0.29) is 0 Å². The molecule has 2 fully saturated rings. The molecule has 1 saturated heterocycles. The highest BCUT2D eigenvalue weighted by Gasteiger charge is 2.34. The lowest BCUT2D eigenvalue weighted by atomic mass is 9.68. The summed E-state index contributed by atoms with van der Waals surface area (Å²) in [4.78, 5) is 0. The number of hydrogen-bond acceptors (Lipinski definition) is 1. The monoisotopic (exact) mass is 195 g/mol. The predicted octanol–water partition coefficient (Wildman–Crippen LogP) is 3.35. The number of hydrogen-bond donors (Lipinski definition) is 1. The Bertz CT molecular complexity index is 162. The molecule has 14 heavy (non-hydrogen) atoms. The lowest BCUT2D eigenvalue weighted by Gasteiger charge is -2.39. The molecule has 1 aliphatic heterocycles. The highest BCUT2D eigenvalue weighted by Crippen LogP contribution is 2.42. The van der Waals surface area contributed by atoms with Crippen molar-refractivity contribution in [3.63, 3.8) is 0 Å². The van der Waals surface area contributed by atoms with E-state index in [1.165, 1.54) is 64.5 Å². The third-order valence-corrected chi connectivity index (χ3v) is 4.47. The molecular formula is C13H25N. The summed E-state index contributed by atoms with van der Waals surface area (Å²) in [6, 6.07) is 0. The maximum Gasteiger partial charge on any atom is 0.000781 e. The first-order valence-electron chi connectivity index (χ1n) is 6.52. The highest BCUT2D eigenvalue weighted by molar-refractivity contribution is 4.87. The molecule has 0 aromatic heterocycles. The second-order valence-electron chi connectivity index (χ2n) is 5.62. The fourth-order valence-corrected chi connectivity index (χ4v) is 3.39. The van der Waals surface area contributed by atoms with Crippen LogP contribution in [-0.2, 0) is 0 Å². The molecule has 1 atom stereocenters. The highest BCUT2D eigenvalue weighted by atomic mass is 14.9. The van der Waals surface area contributed by atoms with Gasteiger partial charge in [-0.2, -0.15) is 0 Å². The average molecular weight is 195 g/mol. The van der Waals surface area contributed by atoms with Gasteiger partial charge in [0.05, 0.1) is 0 Å². The van der Waals surface area contributed by atoms with Crippen LogP contribution in [0.5, 0.6) is 0 Å². The quantitative estimate of drug-likeness (QED) is 0.676. The molecule has 1 aliphatic carbocycles. The maximum atomic E-state index is 3.64. The molecule has 0 radical (unpaired) electrons. The first kappa shape index (κ1) is 10.5. The largest absolute Gasteiger partial charge is 0.316 e. The first-order valence-corrected chi connectivity index (χ1v) is 6.52. The van der Waals surface area contributed by atoms with Gasteiger partial charge in [0, 0.05) is 6.54 Å². The Balaban J connectivity index is 1.96. The average Bonchev–Trinajstić information content (AvgIpc) is 2.46. The van der Waals surface area contributed by atoms with Crippen molar-refractivity contribution < 1.29 is 0 Å². The molecule has 0 spiro atoms. The van der Waals surface area contributed by atoms with Gasteiger partial charge >= 0.3 is 0 Å². The van der Waals surface area contributed by atoms with Gasteiger partial charge in [-0.05, 0) is 43.6 Å². The molecule has 82 valence electrons. The van der Waals surface area contributed by atoms with Crippen molar-refractivity contribution in [2.24, 2.45) is 11.3 Å². The molecule has 0 aromatic rings. The van der Waals surface area contributed by atoms with Gasteiger partial charge in [0.2, 0.25) is 0 Å². The Morgan fingerprint density at radius 1 is 1.00 bits per heavy atom. The molecule has 1 heteroatoms. The third kappa shape index (κ3) is 2.31. The SMILES string of the molecule is CC1(C2CCCCC2)CCCCNC1. The van der Waals surface area contributed by atoms with Gasteiger partial charge in [-0.15, -0.1) is 0 Å². The van der Waals surface area contributed by atoms with Crippen LogP contribution < -0.4 is 5.32 Å². The second-order valence-corrected chi connectivity index (χ2v) is 5.62. The number of nitrogens with one attached hydrogen (secondary N) is 1. The van der Waals surface area contributed by atoms with Crippen LogP contribution in [0.3, 0.4) is 0 Å². The Labute approximate surface area is 88.7 Å². The third-order valence-electron chi connectivity index (χ3n) is 4.47. The van der Waals surface area contributed by atoms with E-state index in [0.717, 1.165) is 5.92 Å². The summed E-state index contributed by atoms with van der Waals surface area (Å²) in [6.45, 7) is 5.06. The normalized spacial score (nSPS) is 36.6. The van der Waals surface area contributed by atoms with Crippen LogP contribution in [0.4, 0.5) is 0 Å². The van der Waals surface area contributed by atoms with Gasteiger partial charge in [0.15, 0.2) is 0 Å². The van der Waals surface area contributed by atoms with E-state index in [1.807, 2.05) is 0 Å². The molecule has 1 nitrogen and oxygen atoms in total. The summed E-state index contributed by atoms with van der Waals surface area (Å²) >= 11 is 0. The van der Waals surface area contributed by atoms with Crippen molar-refractivity contribution in [2.75, 3.05) is 13.1 Å². The standard InChI is InChI=1S/C13H25N/c1-13(9-5-6-10-14-11-13)12-7-3-2-4-8-12/h12,14H,2-11H2,1H3. The topological polar surface area (TPSA) is 12.0 Å². The number of rotatable bonds is 1. The maximum absolute atomic E-state index is 3.64. The molecule has 0 bridgehead atoms. The van der Waals surface area contributed by atoms with Crippen molar-refractivity contribution in [1.29, 1.82) is 0 Å². The first-order chi connectivity index (χ1) is 6.81. The van der Waals surface area contributed by atoms with Crippen molar-refractivity contribution in [3.05, 3.63) is 0 Å². The van der Waals surface area contributed by atoms with E-state index in [1.54, 1.807) is 0 Å². The zero-order valence-corrected chi connectivity index (χ0v) is 9.65. The van der Waals surface area contributed by atoms with Gasteiger partial charge in [0.1, 0.15) is 0 Å². The van der Waals surface area contributed by atoms with Crippen molar-refractivity contribution >= 4 is 0 Å². The van der Waals surface area contributed by atoms with Gasteiger partial charge in [-0.25, -0.2) is 0 Å². The lowest BCUT2D eigenvalue weighted by Crippen LogP contribution is -2.37. The van der Waals surface area contributed by atoms with E-state index < -0.39 is 0 Å². The summed E-state index contributed by atoms with van der Waals surface area (Å²) in [6.07, 6.45) is 11.8. The molecule has 0 aromatic carbocycles. The van der Waals surface area contributed by atoms with Crippen LogP contribution >= 0.6 is 0 Å². The Morgan fingerprint density at radius 2 is 1.79 bits per heavy atom. The summed E-state index contributed by atoms with van der Waals surface area (Å²) in [5.41, 5.74) is 0.622. The molecule has 2 aliphatic rings. The van der Waals surface area contributed by atoms with Gasteiger partial charge in [-0.3, -0.25) is 0 Å². The molecular weight excluding hydrogens is 170 g/mol. The minimum atomic E-state index is 0.622. The van der Waals surface area contributed by atoms with Crippen LogP contribution in [0.25, 0.3) is 0 Å². The van der Waals surface area contributed by atoms with Gasteiger partial charge < -0.3 is 5.32 Å². The summed E-state index contributed by atoms with van der Waals surface area (Å²) in [5.74, 6) is 1.02. The van der Waals surface area contributed by atoms with Crippen molar-refractivity contribution in [1.82, 2.24) is 5.32 Å². The molecule has 0 amide bonds. The van der Waals surface area contributed by atoms with Crippen LogP contribution in [0, 0.1) is 11.3 Å². The second kappa shape index (κ2) is 4.65. The molecule has 1 heterocycles. The van der Waals surface area contributed by atoms with Crippen molar-refractivity contribution in [3.8, 4) is 0 Å². The van der Waals surface area contributed by atoms with E-state index >= 15 is 0 Å². The smallest absolute Gasteiger partial charge is 0.000781 e. The Hall–Kier alpha value is -0.0400. The van der Waals surface area contributed by atoms with E-state index in [4.69, 9.17) is 0 Å². The minimum absolute atomic E-state index is 0.622. The zero-order valence-electron chi connectivity index (χ0n) is 9.65. The van der Waals surface area contributed by atoms with E-state index in [0.29, 0.717) is 5.41 Å². The molecule has 1 saturated carbocycles. The zero-order chi connectivity index (χ0) is 9.86. The van der Waals surface area contributed by atoms with Gasteiger partial charge in [-0.1, -0.05) is 32.6 Å². The minimum Gasteiger partial charge on any atom is -0.316 e. The lowest BCUT2D eigenvalue weighted by molar-refractivity contribution is 0.128. The van der Waals surface area contributed by atoms with Gasteiger partial charge in [0.25, 0.3) is 0 Å². The fraction of sp³-hybridized carbons (Fsp3) is 1.00. The summed E-state index contributed by atoms with van der Waals surface area (Å²) in [7, 11) is 0. The van der Waals surface area contributed by atoms with Crippen molar-refractivity contribution in [2.45, 2.75) is 58.3 Å². The molecule has 2 rings (SSSR count). The van der Waals surface area contributed by atoms with E-state index in [2.05, 4.69) is 12.2 Å². The Kier molecular flexibility index (Phi) is 3.48. The molecule has 1 unspecified atom stereocenters. The fourth-order valence-electron chi connectivity index (χ4n) is 3.39. The van der Waals surface area contributed by atoms with E-state index in [9.17, 15) is 0 Å². The van der Waals surface area contributed by atoms with Crippen LogP contribution in [0.2, 0.25) is 0 Å². The van der Waals surface area contributed by atoms with Crippen LogP contribution in [-0.4, -0.2) is 13.1 Å². The Morgan fingerprint density at radius 3 is 2.57 bits per heavy atom.